The molecule has 5 heteroatoms. The van der Waals surface area contributed by atoms with Crippen molar-refractivity contribution in [2.24, 2.45) is 5.92 Å². The summed E-state index contributed by atoms with van der Waals surface area (Å²) in [5.41, 5.74) is 1.34. The van der Waals surface area contributed by atoms with Crippen LogP contribution >= 0.6 is 15.9 Å². The summed E-state index contributed by atoms with van der Waals surface area (Å²) in [5, 5.41) is 2.33. The normalized spacial score (nSPS) is 15.9. The second-order valence-corrected chi connectivity index (χ2v) is 7.25. The highest BCUT2D eigenvalue weighted by atomic mass is 79.9. The molecule has 0 aliphatic carbocycles. The van der Waals surface area contributed by atoms with Crippen LogP contribution in [0.3, 0.4) is 0 Å². The van der Waals surface area contributed by atoms with Crippen molar-refractivity contribution in [2.45, 2.75) is 38.6 Å². The minimum absolute atomic E-state index is 0.332. The molecular weight excluding hydrogens is 368 g/mol. The van der Waals surface area contributed by atoms with Crippen molar-refractivity contribution in [1.29, 1.82) is 0 Å². The fourth-order valence-corrected chi connectivity index (χ4v) is 3.38. The van der Waals surface area contributed by atoms with E-state index in [4.69, 9.17) is 0 Å². The third-order valence-electron chi connectivity index (χ3n) is 4.53. The smallest absolute Gasteiger partial charge is 0.291 e. The molecule has 0 spiro atoms. The number of hydrogen-bond acceptors (Lipinski definition) is 3. The SMILES string of the molecule is C=CNC(=O)C(=O)CCCC1CCN(Cc2ccc(Br)cc2)CC1. The van der Waals surface area contributed by atoms with E-state index in [1.807, 2.05) is 0 Å². The van der Waals surface area contributed by atoms with Gasteiger partial charge < -0.3 is 5.32 Å². The monoisotopic (exact) mass is 392 g/mol. The third kappa shape index (κ3) is 6.21. The molecule has 1 aliphatic heterocycles. The first-order valence-corrected chi connectivity index (χ1v) is 9.29. The van der Waals surface area contributed by atoms with Gasteiger partial charge in [-0.25, -0.2) is 0 Å². The van der Waals surface area contributed by atoms with E-state index in [1.165, 1.54) is 24.6 Å². The van der Waals surface area contributed by atoms with Crippen molar-refractivity contribution in [3.8, 4) is 0 Å². The van der Waals surface area contributed by atoms with Crippen LogP contribution in [0.25, 0.3) is 0 Å². The van der Waals surface area contributed by atoms with E-state index < -0.39 is 5.91 Å². The molecule has 24 heavy (non-hydrogen) atoms. The predicted molar refractivity (Wildman–Crippen MR) is 99.3 cm³/mol. The van der Waals surface area contributed by atoms with Crippen molar-refractivity contribution in [3.05, 3.63) is 47.1 Å². The number of likely N-dealkylation sites (tertiary alicyclic amines) is 1. The molecule has 0 unspecified atom stereocenters. The summed E-state index contributed by atoms with van der Waals surface area (Å²) >= 11 is 3.46. The maximum atomic E-state index is 11.6. The molecule has 1 amide bonds. The Labute approximate surface area is 152 Å². The molecule has 0 aromatic heterocycles. The van der Waals surface area contributed by atoms with Gasteiger partial charge in [0.25, 0.3) is 5.91 Å². The Bertz CT molecular complexity index is 563. The topological polar surface area (TPSA) is 49.4 Å². The summed E-state index contributed by atoms with van der Waals surface area (Å²) in [6, 6.07) is 8.50. The second kappa shape index (κ2) is 9.74. The molecule has 0 bridgehead atoms. The minimum Gasteiger partial charge on any atom is -0.327 e. The van der Waals surface area contributed by atoms with Gasteiger partial charge in [-0.05, 0) is 68.6 Å². The summed E-state index contributed by atoms with van der Waals surface area (Å²) in [7, 11) is 0. The van der Waals surface area contributed by atoms with Crippen LogP contribution in [-0.2, 0) is 16.1 Å². The maximum Gasteiger partial charge on any atom is 0.291 e. The van der Waals surface area contributed by atoms with Gasteiger partial charge in [-0.1, -0.05) is 34.6 Å². The molecule has 0 saturated carbocycles. The van der Waals surface area contributed by atoms with Gasteiger partial charge in [0.05, 0.1) is 0 Å². The summed E-state index contributed by atoms with van der Waals surface area (Å²) in [6.45, 7) is 6.59. The van der Waals surface area contributed by atoms with Gasteiger partial charge in [0.15, 0.2) is 0 Å². The van der Waals surface area contributed by atoms with Crippen molar-refractivity contribution < 1.29 is 9.59 Å². The summed E-state index contributed by atoms with van der Waals surface area (Å²) < 4.78 is 1.11. The number of Topliss-reactive ketones (excluding diaryl/α,β-unsaturated/α-hetero) is 1. The van der Waals surface area contributed by atoms with E-state index in [1.54, 1.807) is 0 Å². The quantitative estimate of drug-likeness (QED) is 0.686. The van der Waals surface area contributed by atoms with Crippen molar-refractivity contribution >= 4 is 27.6 Å². The van der Waals surface area contributed by atoms with E-state index in [-0.39, 0.29) is 5.78 Å². The van der Waals surface area contributed by atoms with Crippen LogP contribution in [0.1, 0.15) is 37.7 Å². The van der Waals surface area contributed by atoms with Gasteiger partial charge in [0, 0.05) is 17.4 Å². The molecule has 1 aliphatic rings. The predicted octanol–water partition coefficient (Wildman–Crippen LogP) is 3.66. The van der Waals surface area contributed by atoms with Crippen LogP contribution in [0.4, 0.5) is 0 Å². The summed E-state index contributed by atoms with van der Waals surface area (Å²) in [4.78, 5) is 25.4. The highest BCUT2D eigenvalue weighted by Gasteiger charge is 2.20. The number of ketones is 1. The Balaban J connectivity index is 1.64. The van der Waals surface area contributed by atoms with E-state index in [2.05, 4.69) is 57.0 Å². The van der Waals surface area contributed by atoms with Crippen LogP contribution < -0.4 is 5.32 Å². The molecular formula is C19H25BrN2O2. The number of carbonyl (C=O) groups excluding carboxylic acids is 2. The Morgan fingerprint density at radius 3 is 2.54 bits per heavy atom. The van der Waals surface area contributed by atoms with Gasteiger partial charge in [-0.15, -0.1) is 0 Å². The van der Waals surface area contributed by atoms with Crippen molar-refractivity contribution in [3.63, 3.8) is 0 Å². The van der Waals surface area contributed by atoms with E-state index in [0.29, 0.717) is 12.3 Å². The molecule has 1 aromatic rings. The first-order chi connectivity index (χ1) is 11.6. The van der Waals surface area contributed by atoms with Gasteiger partial charge >= 0.3 is 0 Å². The lowest BCUT2D eigenvalue weighted by molar-refractivity contribution is -0.137. The average molecular weight is 393 g/mol. The zero-order valence-corrected chi connectivity index (χ0v) is 15.6. The van der Waals surface area contributed by atoms with Gasteiger partial charge in [0.2, 0.25) is 5.78 Å². The molecule has 0 atom stereocenters. The van der Waals surface area contributed by atoms with Crippen LogP contribution in [0.5, 0.6) is 0 Å². The van der Waals surface area contributed by atoms with Crippen LogP contribution in [0, 0.1) is 5.92 Å². The Hall–Kier alpha value is -1.46. The molecule has 1 saturated heterocycles. The second-order valence-electron chi connectivity index (χ2n) is 6.34. The largest absolute Gasteiger partial charge is 0.327 e. The Kier molecular flexibility index (Phi) is 7.66. The summed E-state index contributed by atoms with van der Waals surface area (Å²) in [6.07, 6.45) is 5.74. The molecule has 1 heterocycles. The van der Waals surface area contributed by atoms with Crippen LogP contribution in [0.15, 0.2) is 41.5 Å². The van der Waals surface area contributed by atoms with E-state index in [0.717, 1.165) is 36.9 Å². The zero-order valence-electron chi connectivity index (χ0n) is 14.0. The Morgan fingerprint density at radius 1 is 1.25 bits per heavy atom. The van der Waals surface area contributed by atoms with Gasteiger partial charge in [-0.3, -0.25) is 14.5 Å². The number of nitrogens with one attached hydrogen (secondary N) is 1. The fourth-order valence-electron chi connectivity index (χ4n) is 3.12. The molecule has 1 fully saturated rings. The third-order valence-corrected chi connectivity index (χ3v) is 5.06. The number of carbonyl (C=O) groups is 2. The highest BCUT2D eigenvalue weighted by molar-refractivity contribution is 9.10. The molecule has 4 nitrogen and oxygen atoms in total. The Morgan fingerprint density at radius 2 is 1.92 bits per heavy atom. The maximum absolute atomic E-state index is 11.6. The zero-order chi connectivity index (χ0) is 17.4. The lowest BCUT2D eigenvalue weighted by Crippen LogP contribution is -2.33. The minimum atomic E-state index is -0.547. The molecule has 0 radical (unpaired) electrons. The number of benzene rings is 1. The number of hydrogen-bond donors (Lipinski definition) is 1. The van der Waals surface area contributed by atoms with E-state index >= 15 is 0 Å². The van der Waals surface area contributed by atoms with Crippen molar-refractivity contribution in [1.82, 2.24) is 10.2 Å². The lowest BCUT2D eigenvalue weighted by atomic mass is 9.91. The number of halogens is 1. The standard InChI is InChI=1S/C19H25BrN2O2/c1-2-21-19(24)18(23)5-3-4-15-10-12-22(13-11-15)14-16-6-8-17(20)9-7-16/h2,6-9,15H,1,3-5,10-14H2,(H,21,24). The fraction of sp³-hybridized carbons (Fsp3) is 0.474. The number of amides is 1. The van der Waals surface area contributed by atoms with Gasteiger partial charge in [-0.2, -0.15) is 0 Å². The highest BCUT2D eigenvalue weighted by Crippen LogP contribution is 2.24. The lowest BCUT2D eigenvalue weighted by Gasteiger charge is -2.32. The van der Waals surface area contributed by atoms with Crippen LogP contribution in [0.2, 0.25) is 0 Å². The first kappa shape index (κ1) is 18.9. The number of rotatable bonds is 8. The molecule has 2 rings (SSSR count). The van der Waals surface area contributed by atoms with Crippen molar-refractivity contribution in [2.75, 3.05) is 13.1 Å². The molecule has 1 N–H and O–H groups in total. The average Bonchev–Trinajstić information content (AvgIpc) is 2.58. The van der Waals surface area contributed by atoms with E-state index in [9.17, 15) is 9.59 Å². The number of piperidine rings is 1. The van der Waals surface area contributed by atoms with Crippen LogP contribution in [-0.4, -0.2) is 29.7 Å². The molecule has 1 aromatic carbocycles. The molecule has 130 valence electrons. The number of nitrogens with zero attached hydrogens (tertiary/aromatic N) is 1. The summed E-state index contributed by atoms with van der Waals surface area (Å²) in [5.74, 6) is -0.224. The van der Waals surface area contributed by atoms with Gasteiger partial charge in [0.1, 0.15) is 0 Å². The first-order valence-electron chi connectivity index (χ1n) is 8.50.